The molecule has 0 heterocycles. The lowest BCUT2D eigenvalue weighted by molar-refractivity contribution is -0.153. The van der Waals surface area contributed by atoms with Crippen molar-refractivity contribution in [2.75, 3.05) is 12.5 Å². The van der Waals surface area contributed by atoms with Gasteiger partial charge in [0.15, 0.2) is 0 Å². The van der Waals surface area contributed by atoms with Crippen molar-refractivity contribution in [2.45, 2.75) is 153 Å². The molecule has 2 nitrogen and oxygen atoms in total. The van der Waals surface area contributed by atoms with Gasteiger partial charge in [-0.25, -0.2) is 0 Å². The average Bonchev–Trinajstić information content (AvgIpc) is 2.92. The van der Waals surface area contributed by atoms with Gasteiger partial charge in [-0.2, -0.15) is 0 Å². The zero-order valence-corrected chi connectivity index (χ0v) is 30.6. The molecule has 0 saturated heterocycles. The van der Waals surface area contributed by atoms with Crippen molar-refractivity contribution in [3.05, 3.63) is 69.9 Å². The molecular weight excluding hydrogens is 548 g/mol. The lowest BCUT2D eigenvalue weighted by atomic mass is 9.97. The second-order valence-corrected chi connectivity index (χ2v) is 14.3. The third kappa shape index (κ3) is 25.2. The number of ether oxygens (including phenoxy) is 1. The van der Waals surface area contributed by atoms with Crippen molar-refractivity contribution in [3.63, 3.8) is 0 Å². The van der Waals surface area contributed by atoms with Crippen LogP contribution in [0.1, 0.15) is 153 Å². The Hall–Kier alpha value is -1.80. The van der Waals surface area contributed by atoms with Crippen molar-refractivity contribution >= 4 is 17.6 Å². The summed E-state index contributed by atoms with van der Waals surface area (Å²) in [7, 11) is 0. The molecular formula is C40H67ClO2. The average molecular weight is 615 g/mol. The summed E-state index contributed by atoms with van der Waals surface area (Å²) in [6.07, 6.45) is 28.9. The number of alkyl halides is 1. The predicted molar refractivity (Wildman–Crippen MR) is 193 cm³/mol. The van der Waals surface area contributed by atoms with E-state index in [1.807, 2.05) is 20.8 Å². The van der Waals surface area contributed by atoms with E-state index in [2.05, 4.69) is 84.9 Å². The van der Waals surface area contributed by atoms with Crippen LogP contribution in [0.5, 0.6) is 0 Å². The fourth-order valence-electron chi connectivity index (χ4n) is 4.62. The first-order chi connectivity index (χ1) is 20.2. The summed E-state index contributed by atoms with van der Waals surface area (Å²) in [6, 6.07) is 0. The lowest BCUT2D eigenvalue weighted by Crippen LogP contribution is -2.23. The van der Waals surface area contributed by atoms with Gasteiger partial charge in [-0.05, 0) is 152 Å². The fourth-order valence-corrected chi connectivity index (χ4v) is 4.73. The minimum atomic E-state index is -0.414. The SMILES string of the molecule is CC(=CCCC(C)=CCCC(C)=CCCC(C)=CCCC(C)=CCCC(C)=CCCC(C)CCOC(=O)C(C)(C)C)CCl. The van der Waals surface area contributed by atoms with E-state index in [0.29, 0.717) is 18.4 Å². The second kappa shape index (κ2) is 24.5. The third-order valence-electron chi connectivity index (χ3n) is 7.98. The van der Waals surface area contributed by atoms with Crippen molar-refractivity contribution in [1.29, 1.82) is 0 Å². The van der Waals surface area contributed by atoms with Gasteiger partial charge in [0.25, 0.3) is 0 Å². The summed E-state index contributed by atoms with van der Waals surface area (Å²) in [6.45, 7) is 21.9. The van der Waals surface area contributed by atoms with E-state index in [-0.39, 0.29) is 5.97 Å². The van der Waals surface area contributed by atoms with Crippen LogP contribution in [-0.4, -0.2) is 18.5 Å². The summed E-state index contributed by atoms with van der Waals surface area (Å²) >= 11 is 5.84. The topological polar surface area (TPSA) is 26.3 Å². The van der Waals surface area contributed by atoms with Gasteiger partial charge < -0.3 is 4.74 Å². The number of carbonyl (C=O) groups excluding carboxylic acids is 1. The molecule has 0 aromatic rings. The first kappa shape index (κ1) is 41.2. The molecule has 0 spiro atoms. The van der Waals surface area contributed by atoms with Gasteiger partial charge in [0.2, 0.25) is 0 Å². The van der Waals surface area contributed by atoms with Crippen LogP contribution < -0.4 is 0 Å². The van der Waals surface area contributed by atoms with Crippen LogP contribution in [0.4, 0.5) is 0 Å². The van der Waals surface area contributed by atoms with E-state index in [1.54, 1.807) is 0 Å². The van der Waals surface area contributed by atoms with Crippen LogP contribution in [0, 0.1) is 11.3 Å². The number of halogens is 1. The van der Waals surface area contributed by atoms with Crippen LogP contribution >= 0.6 is 11.6 Å². The number of hydrogen-bond donors (Lipinski definition) is 0. The van der Waals surface area contributed by atoms with Gasteiger partial charge in [0.1, 0.15) is 0 Å². The minimum absolute atomic E-state index is 0.105. The Morgan fingerprint density at radius 2 is 0.907 bits per heavy atom. The van der Waals surface area contributed by atoms with E-state index in [1.165, 1.54) is 33.4 Å². The smallest absolute Gasteiger partial charge is 0.311 e. The molecule has 3 heteroatoms. The molecule has 43 heavy (non-hydrogen) atoms. The first-order valence-electron chi connectivity index (χ1n) is 16.9. The number of hydrogen-bond acceptors (Lipinski definition) is 2. The highest BCUT2D eigenvalue weighted by Gasteiger charge is 2.22. The molecule has 0 aliphatic rings. The summed E-state index contributed by atoms with van der Waals surface area (Å²) in [5.74, 6) is 1.10. The maximum atomic E-state index is 11.9. The quantitative estimate of drug-likeness (QED) is 0.0688. The maximum absolute atomic E-state index is 11.9. The standard InChI is InChI=1S/C40H67ClO2/c1-32(18-12-20-34(3)22-14-24-36(5)26-16-28-38(7)31-41)17-11-19-33(2)21-13-23-35(4)25-15-27-37(6)29-30-43-39(42)40(8,9)10/h17,20-21,24-25,28,37H,11-16,18-19,22-23,26-27,29-31H2,1-10H3. The van der Waals surface area contributed by atoms with Gasteiger partial charge in [-0.15, -0.1) is 11.6 Å². The highest BCUT2D eigenvalue weighted by Crippen LogP contribution is 2.19. The Kier molecular flexibility index (Phi) is 23.5. The van der Waals surface area contributed by atoms with E-state index >= 15 is 0 Å². The Morgan fingerprint density at radius 3 is 1.23 bits per heavy atom. The molecule has 0 aliphatic carbocycles. The van der Waals surface area contributed by atoms with Crippen LogP contribution in [0.2, 0.25) is 0 Å². The maximum Gasteiger partial charge on any atom is 0.311 e. The van der Waals surface area contributed by atoms with Gasteiger partial charge in [0.05, 0.1) is 12.0 Å². The Labute approximate surface area is 272 Å². The Balaban J connectivity index is 4.15. The van der Waals surface area contributed by atoms with Gasteiger partial charge in [-0.1, -0.05) is 76.8 Å². The van der Waals surface area contributed by atoms with E-state index in [9.17, 15) is 4.79 Å². The molecule has 1 unspecified atom stereocenters. The lowest BCUT2D eigenvalue weighted by Gasteiger charge is -2.17. The van der Waals surface area contributed by atoms with Crippen LogP contribution in [0.15, 0.2) is 69.9 Å². The van der Waals surface area contributed by atoms with Crippen molar-refractivity contribution < 1.29 is 9.53 Å². The molecule has 0 saturated carbocycles. The highest BCUT2D eigenvalue weighted by molar-refractivity contribution is 6.19. The second-order valence-electron chi connectivity index (χ2n) is 14.0. The summed E-state index contributed by atoms with van der Waals surface area (Å²) in [5, 5.41) is 0. The molecule has 0 rings (SSSR count). The number of rotatable bonds is 22. The number of esters is 1. The van der Waals surface area contributed by atoms with E-state index < -0.39 is 5.41 Å². The zero-order valence-electron chi connectivity index (χ0n) is 29.8. The molecule has 0 aromatic heterocycles. The molecule has 0 aromatic carbocycles. The molecule has 0 bridgehead atoms. The van der Waals surface area contributed by atoms with Crippen molar-refractivity contribution in [3.8, 4) is 0 Å². The monoisotopic (exact) mass is 614 g/mol. The molecule has 0 amide bonds. The van der Waals surface area contributed by atoms with Gasteiger partial charge >= 0.3 is 5.97 Å². The third-order valence-corrected chi connectivity index (χ3v) is 8.40. The Morgan fingerprint density at radius 1 is 0.581 bits per heavy atom. The molecule has 1 atom stereocenters. The van der Waals surface area contributed by atoms with Crippen molar-refractivity contribution in [2.24, 2.45) is 11.3 Å². The van der Waals surface area contributed by atoms with Crippen LogP contribution in [0.25, 0.3) is 0 Å². The van der Waals surface area contributed by atoms with Gasteiger partial charge in [0, 0.05) is 5.88 Å². The highest BCUT2D eigenvalue weighted by atomic mass is 35.5. The van der Waals surface area contributed by atoms with E-state index in [4.69, 9.17) is 16.3 Å². The molecule has 246 valence electrons. The van der Waals surface area contributed by atoms with E-state index in [0.717, 1.165) is 83.5 Å². The molecule has 0 N–H and O–H groups in total. The molecule has 0 radical (unpaired) electrons. The summed E-state index contributed by atoms with van der Waals surface area (Å²) in [4.78, 5) is 11.9. The number of allylic oxidation sites excluding steroid dienone is 12. The molecule has 0 fully saturated rings. The van der Waals surface area contributed by atoms with Crippen molar-refractivity contribution in [1.82, 2.24) is 0 Å². The normalized spacial score (nSPS) is 15.2. The predicted octanol–water partition coefficient (Wildman–Crippen LogP) is 13.2. The first-order valence-corrected chi connectivity index (χ1v) is 17.4. The van der Waals surface area contributed by atoms with Crippen LogP contribution in [-0.2, 0) is 9.53 Å². The molecule has 0 aliphatic heterocycles. The number of carbonyl (C=O) groups is 1. The summed E-state index contributed by atoms with van der Waals surface area (Å²) < 4.78 is 5.41. The summed E-state index contributed by atoms with van der Waals surface area (Å²) in [5.41, 5.74) is 8.33. The van der Waals surface area contributed by atoms with Gasteiger partial charge in [-0.3, -0.25) is 4.79 Å². The fraction of sp³-hybridized carbons (Fsp3) is 0.675. The minimum Gasteiger partial charge on any atom is -0.465 e. The largest absolute Gasteiger partial charge is 0.465 e. The van der Waals surface area contributed by atoms with Crippen LogP contribution in [0.3, 0.4) is 0 Å². The zero-order chi connectivity index (χ0) is 32.7. The Bertz CT molecular complexity index is 965.